The fraction of sp³-hybridized carbons (Fsp3) is 0.556. The highest BCUT2D eigenvalue weighted by Gasteiger charge is 2.01. The monoisotopic (exact) mass is 186 g/mol. The molecule has 1 unspecified atom stereocenters. The van der Waals surface area contributed by atoms with E-state index in [9.17, 15) is 9.59 Å². The van der Waals surface area contributed by atoms with E-state index in [1.165, 1.54) is 19.1 Å². The summed E-state index contributed by atoms with van der Waals surface area (Å²) in [4.78, 5) is 21.2. The lowest BCUT2D eigenvalue weighted by atomic mass is 10.3. The molecule has 0 radical (unpaired) electrons. The van der Waals surface area contributed by atoms with Gasteiger partial charge >= 0.3 is 11.9 Å². The van der Waals surface area contributed by atoms with E-state index in [4.69, 9.17) is 4.74 Å². The molecule has 0 fully saturated rings. The van der Waals surface area contributed by atoms with Gasteiger partial charge in [-0.15, -0.1) is 0 Å². The molecule has 4 nitrogen and oxygen atoms in total. The molecule has 0 saturated heterocycles. The number of esters is 2. The van der Waals surface area contributed by atoms with E-state index in [-0.39, 0.29) is 5.97 Å². The molecule has 0 spiro atoms. The molecule has 0 aliphatic carbocycles. The van der Waals surface area contributed by atoms with Crippen LogP contribution in [-0.4, -0.2) is 24.6 Å². The Labute approximate surface area is 77.5 Å². The molecule has 13 heavy (non-hydrogen) atoms. The van der Waals surface area contributed by atoms with Gasteiger partial charge in [-0.3, -0.25) is 4.79 Å². The van der Waals surface area contributed by atoms with E-state index in [0.717, 1.165) is 0 Å². The van der Waals surface area contributed by atoms with Crippen LogP contribution in [-0.2, 0) is 19.1 Å². The summed E-state index contributed by atoms with van der Waals surface area (Å²) in [5, 5.41) is 0. The Bertz CT molecular complexity index is 208. The standard InChI is InChI=1S/C9H14O4/c1-4-12-9(11)6-5-7(2)13-8(3)10/h5-7H,4H2,1-3H3/b6-5+. The zero-order valence-corrected chi connectivity index (χ0v) is 8.07. The van der Waals surface area contributed by atoms with Gasteiger partial charge < -0.3 is 9.47 Å². The van der Waals surface area contributed by atoms with E-state index in [1.807, 2.05) is 0 Å². The molecule has 0 saturated carbocycles. The first-order valence-electron chi connectivity index (χ1n) is 4.08. The first-order valence-corrected chi connectivity index (χ1v) is 4.08. The molecule has 0 aliphatic rings. The highest BCUT2D eigenvalue weighted by molar-refractivity contribution is 5.82. The maximum absolute atomic E-state index is 10.8. The molecular formula is C9H14O4. The van der Waals surface area contributed by atoms with Crippen molar-refractivity contribution in [1.29, 1.82) is 0 Å². The maximum Gasteiger partial charge on any atom is 0.330 e. The molecule has 0 N–H and O–H groups in total. The minimum absolute atomic E-state index is 0.338. The van der Waals surface area contributed by atoms with E-state index >= 15 is 0 Å². The minimum Gasteiger partial charge on any atom is -0.463 e. The third kappa shape index (κ3) is 7.05. The fourth-order valence-corrected chi connectivity index (χ4v) is 0.706. The van der Waals surface area contributed by atoms with Crippen molar-refractivity contribution in [2.24, 2.45) is 0 Å². The first kappa shape index (κ1) is 11.7. The second-order valence-corrected chi connectivity index (χ2v) is 2.43. The van der Waals surface area contributed by atoms with Crippen molar-refractivity contribution in [2.45, 2.75) is 26.9 Å². The van der Waals surface area contributed by atoms with Crippen molar-refractivity contribution in [3.05, 3.63) is 12.2 Å². The van der Waals surface area contributed by atoms with E-state index < -0.39 is 12.1 Å². The van der Waals surface area contributed by atoms with Gasteiger partial charge in [-0.25, -0.2) is 4.79 Å². The minimum atomic E-state index is -0.429. The lowest BCUT2D eigenvalue weighted by molar-refractivity contribution is -0.144. The Morgan fingerprint density at radius 2 is 2.08 bits per heavy atom. The quantitative estimate of drug-likeness (QED) is 0.486. The summed E-state index contributed by atoms with van der Waals surface area (Å²) in [7, 11) is 0. The fourth-order valence-electron chi connectivity index (χ4n) is 0.706. The highest BCUT2D eigenvalue weighted by Crippen LogP contribution is 1.94. The van der Waals surface area contributed by atoms with Crippen LogP contribution in [0.5, 0.6) is 0 Å². The van der Waals surface area contributed by atoms with E-state index in [2.05, 4.69) is 4.74 Å². The molecule has 4 heteroatoms. The summed E-state index contributed by atoms with van der Waals surface area (Å²) in [5.41, 5.74) is 0. The zero-order chi connectivity index (χ0) is 10.3. The van der Waals surface area contributed by atoms with Crippen molar-refractivity contribution < 1.29 is 19.1 Å². The molecule has 0 heterocycles. The van der Waals surface area contributed by atoms with Crippen LogP contribution in [0, 0.1) is 0 Å². The van der Waals surface area contributed by atoms with Crippen molar-refractivity contribution in [3.63, 3.8) is 0 Å². The van der Waals surface area contributed by atoms with Gasteiger partial charge in [0.1, 0.15) is 6.10 Å². The summed E-state index contributed by atoms with van der Waals surface area (Å²) >= 11 is 0. The number of hydrogen-bond acceptors (Lipinski definition) is 4. The first-order chi connectivity index (χ1) is 6.06. The lowest BCUT2D eigenvalue weighted by Gasteiger charge is -2.05. The second-order valence-electron chi connectivity index (χ2n) is 2.43. The largest absolute Gasteiger partial charge is 0.463 e. The van der Waals surface area contributed by atoms with Gasteiger partial charge in [0.05, 0.1) is 6.61 Å². The molecule has 0 bridgehead atoms. The molecule has 74 valence electrons. The number of rotatable bonds is 4. The molecule has 0 rings (SSSR count). The van der Waals surface area contributed by atoms with Crippen LogP contribution >= 0.6 is 0 Å². The Kier molecular flexibility index (Phi) is 5.59. The van der Waals surface area contributed by atoms with Gasteiger partial charge in [0.2, 0.25) is 0 Å². The summed E-state index contributed by atoms with van der Waals surface area (Å²) < 4.78 is 9.38. The smallest absolute Gasteiger partial charge is 0.330 e. The van der Waals surface area contributed by atoms with Crippen LogP contribution in [0.15, 0.2) is 12.2 Å². The summed E-state index contributed by atoms with van der Waals surface area (Å²) in [6.45, 7) is 5.04. The predicted octanol–water partition coefficient (Wildman–Crippen LogP) is 1.06. The number of ether oxygens (including phenoxy) is 2. The topological polar surface area (TPSA) is 52.6 Å². The molecule has 0 aromatic carbocycles. The molecule has 0 aromatic rings. The van der Waals surface area contributed by atoms with Gasteiger partial charge in [-0.2, -0.15) is 0 Å². The third-order valence-electron chi connectivity index (χ3n) is 1.14. The summed E-state index contributed by atoms with van der Waals surface area (Å²) in [6, 6.07) is 0. The second kappa shape index (κ2) is 6.22. The van der Waals surface area contributed by atoms with Gasteiger partial charge in [0.15, 0.2) is 0 Å². The van der Waals surface area contributed by atoms with Gasteiger partial charge in [-0.1, -0.05) is 0 Å². The van der Waals surface area contributed by atoms with Crippen LogP contribution in [0.1, 0.15) is 20.8 Å². The van der Waals surface area contributed by atoms with Gasteiger partial charge in [-0.05, 0) is 19.9 Å². The summed E-state index contributed by atoms with van der Waals surface area (Å²) in [6.07, 6.45) is 2.32. The molecule has 0 aromatic heterocycles. The molecule has 0 amide bonds. The Balaban J connectivity index is 3.82. The number of hydrogen-bond donors (Lipinski definition) is 0. The van der Waals surface area contributed by atoms with Crippen LogP contribution in [0.4, 0.5) is 0 Å². The van der Waals surface area contributed by atoms with Gasteiger partial charge in [0, 0.05) is 13.0 Å². The van der Waals surface area contributed by atoms with Crippen LogP contribution in [0.2, 0.25) is 0 Å². The Morgan fingerprint density at radius 3 is 2.54 bits per heavy atom. The molecule has 0 aliphatic heterocycles. The average Bonchev–Trinajstić information content (AvgIpc) is 2.00. The molecule has 1 atom stereocenters. The van der Waals surface area contributed by atoms with Crippen molar-refractivity contribution >= 4 is 11.9 Å². The van der Waals surface area contributed by atoms with E-state index in [0.29, 0.717) is 6.61 Å². The van der Waals surface area contributed by atoms with Crippen molar-refractivity contribution in [2.75, 3.05) is 6.61 Å². The van der Waals surface area contributed by atoms with Crippen LogP contribution in [0.3, 0.4) is 0 Å². The van der Waals surface area contributed by atoms with Gasteiger partial charge in [0.25, 0.3) is 0 Å². The summed E-state index contributed by atoms with van der Waals surface area (Å²) in [5.74, 6) is -0.803. The van der Waals surface area contributed by atoms with Crippen LogP contribution < -0.4 is 0 Å². The van der Waals surface area contributed by atoms with Crippen molar-refractivity contribution in [1.82, 2.24) is 0 Å². The predicted molar refractivity (Wildman–Crippen MR) is 47.0 cm³/mol. The van der Waals surface area contributed by atoms with E-state index in [1.54, 1.807) is 13.8 Å². The third-order valence-corrected chi connectivity index (χ3v) is 1.14. The van der Waals surface area contributed by atoms with Crippen LogP contribution in [0.25, 0.3) is 0 Å². The zero-order valence-electron chi connectivity index (χ0n) is 8.07. The Morgan fingerprint density at radius 1 is 1.46 bits per heavy atom. The SMILES string of the molecule is CCOC(=O)/C=C/C(C)OC(C)=O. The van der Waals surface area contributed by atoms with Crippen molar-refractivity contribution in [3.8, 4) is 0 Å². The number of carbonyl (C=O) groups excluding carboxylic acids is 2. The Hall–Kier alpha value is -1.32. The molecular weight excluding hydrogens is 172 g/mol. The average molecular weight is 186 g/mol. The number of carbonyl (C=O) groups is 2. The lowest BCUT2D eigenvalue weighted by Crippen LogP contribution is -2.10. The normalized spacial score (nSPS) is 12.5. The maximum atomic E-state index is 10.8. The highest BCUT2D eigenvalue weighted by atomic mass is 16.5.